The minimum absolute atomic E-state index is 0.167. The number of rotatable bonds is 1. The van der Waals surface area contributed by atoms with Crippen molar-refractivity contribution in [1.29, 1.82) is 0 Å². The molecule has 1 aromatic heterocycles. The Morgan fingerprint density at radius 1 is 1.37 bits per heavy atom. The summed E-state index contributed by atoms with van der Waals surface area (Å²) in [6.07, 6.45) is 2.24. The molecule has 0 bridgehead atoms. The maximum atomic E-state index is 12.5. The number of carbonyl (C=O) groups excluding carboxylic acids is 1. The third kappa shape index (κ3) is 2.50. The molecule has 1 aliphatic heterocycles. The highest BCUT2D eigenvalue weighted by Crippen LogP contribution is 2.24. The number of nitrogens with zero attached hydrogens (tertiary/aromatic N) is 2. The molecule has 0 saturated carbocycles. The van der Waals surface area contributed by atoms with Crippen molar-refractivity contribution in [3.05, 3.63) is 28.8 Å². The summed E-state index contributed by atoms with van der Waals surface area (Å²) in [6, 6.07) is 5.85. The van der Waals surface area contributed by atoms with Crippen LogP contribution in [0.2, 0.25) is 0 Å². The SMILES string of the molecule is Cc1nc2ccc(C(=O)N3CCC(C)CC3)cc2s1. The second kappa shape index (κ2) is 4.93. The predicted molar refractivity (Wildman–Crippen MR) is 78.7 cm³/mol. The molecule has 2 heterocycles. The van der Waals surface area contributed by atoms with Crippen LogP contribution < -0.4 is 0 Å². The Kier molecular flexibility index (Phi) is 3.27. The number of carbonyl (C=O) groups is 1. The van der Waals surface area contributed by atoms with E-state index in [0.29, 0.717) is 0 Å². The summed E-state index contributed by atoms with van der Waals surface area (Å²) in [5.41, 5.74) is 1.79. The van der Waals surface area contributed by atoms with E-state index in [4.69, 9.17) is 0 Å². The van der Waals surface area contributed by atoms with Gasteiger partial charge >= 0.3 is 0 Å². The summed E-state index contributed by atoms with van der Waals surface area (Å²) in [5, 5.41) is 1.05. The van der Waals surface area contributed by atoms with Crippen LogP contribution in [0, 0.1) is 12.8 Å². The van der Waals surface area contributed by atoms with Gasteiger partial charge in [0.1, 0.15) is 0 Å². The van der Waals surface area contributed by atoms with Crippen molar-refractivity contribution in [3.63, 3.8) is 0 Å². The van der Waals surface area contributed by atoms with E-state index in [1.807, 2.05) is 30.0 Å². The van der Waals surface area contributed by atoms with Gasteiger partial charge in [-0.2, -0.15) is 0 Å². The van der Waals surface area contributed by atoms with Crippen LogP contribution in [0.25, 0.3) is 10.2 Å². The maximum Gasteiger partial charge on any atom is 0.253 e. The molecule has 3 rings (SSSR count). The first kappa shape index (κ1) is 12.6. The number of amides is 1. The third-order valence-electron chi connectivity index (χ3n) is 3.81. The van der Waals surface area contributed by atoms with Crippen molar-refractivity contribution < 1.29 is 4.79 Å². The maximum absolute atomic E-state index is 12.5. The van der Waals surface area contributed by atoms with Crippen LogP contribution in [0.1, 0.15) is 35.1 Å². The van der Waals surface area contributed by atoms with Gasteiger partial charge in [-0.15, -0.1) is 11.3 Å². The Morgan fingerprint density at radius 3 is 2.84 bits per heavy atom. The predicted octanol–water partition coefficient (Wildman–Crippen LogP) is 3.48. The number of thiazole rings is 1. The zero-order chi connectivity index (χ0) is 13.4. The van der Waals surface area contributed by atoms with Crippen LogP contribution >= 0.6 is 11.3 Å². The van der Waals surface area contributed by atoms with Crippen molar-refractivity contribution in [2.24, 2.45) is 5.92 Å². The highest BCUT2D eigenvalue weighted by atomic mass is 32.1. The van der Waals surface area contributed by atoms with Gasteiger partial charge in [0, 0.05) is 18.7 Å². The molecule has 1 saturated heterocycles. The number of hydrogen-bond donors (Lipinski definition) is 0. The molecule has 2 aromatic rings. The van der Waals surface area contributed by atoms with Gasteiger partial charge < -0.3 is 4.90 Å². The average Bonchev–Trinajstić information content (AvgIpc) is 2.77. The molecule has 1 fully saturated rings. The van der Waals surface area contributed by atoms with Gasteiger partial charge in [0.15, 0.2) is 0 Å². The number of hydrogen-bond acceptors (Lipinski definition) is 3. The Morgan fingerprint density at radius 2 is 2.11 bits per heavy atom. The van der Waals surface area contributed by atoms with E-state index < -0.39 is 0 Å². The van der Waals surface area contributed by atoms with E-state index in [9.17, 15) is 4.79 Å². The molecule has 0 atom stereocenters. The molecule has 0 radical (unpaired) electrons. The van der Waals surface area contributed by atoms with Gasteiger partial charge in [0.2, 0.25) is 0 Å². The lowest BCUT2D eigenvalue weighted by atomic mass is 9.98. The van der Waals surface area contributed by atoms with Crippen molar-refractivity contribution in [3.8, 4) is 0 Å². The van der Waals surface area contributed by atoms with Crippen LogP contribution in [0.3, 0.4) is 0 Å². The minimum atomic E-state index is 0.167. The molecular weight excluding hydrogens is 256 g/mol. The zero-order valence-corrected chi connectivity index (χ0v) is 12.2. The first-order chi connectivity index (χ1) is 9.13. The fourth-order valence-corrected chi connectivity index (χ4v) is 3.43. The smallest absolute Gasteiger partial charge is 0.253 e. The number of fused-ring (bicyclic) bond motifs is 1. The van der Waals surface area contributed by atoms with Gasteiger partial charge in [-0.1, -0.05) is 6.92 Å². The molecule has 1 amide bonds. The molecule has 1 aromatic carbocycles. The number of aryl methyl sites for hydroxylation is 1. The summed E-state index contributed by atoms with van der Waals surface area (Å²) in [7, 11) is 0. The topological polar surface area (TPSA) is 33.2 Å². The van der Waals surface area contributed by atoms with Gasteiger partial charge in [-0.25, -0.2) is 4.98 Å². The fraction of sp³-hybridized carbons (Fsp3) is 0.467. The summed E-state index contributed by atoms with van der Waals surface area (Å²) >= 11 is 1.65. The minimum Gasteiger partial charge on any atom is -0.339 e. The Hall–Kier alpha value is -1.42. The van der Waals surface area contributed by atoms with Gasteiger partial charge in [0.05, 0.1) is 15.2 Å². The van der Waals surface area contributed by atoms with Gasteiger partial charge in [-0.3, -0.25) is 4.79 Å². The molecule has 0 N–H and O–H groups in total. The van der Waals surface area contributed by atoms with Crippen LogP contribution in [0.15, 0.2) is 18.2 Å². The molecule has 3 nitrogen and oxygen atoms in total. The average molecular weight is 274 g/mol. The molecule has 19 heavy (non-hydrogen) atoms. The second-order valence-corrected chi connectivity index (χ2v) is 6.62. The fourth-order valence-electron chi connectivity index (χ4n) is 2.57. The standard InChI is InChI=1S/C15H18N2OS/c1-10-5-7-17(8-6-10)15(18)12-3-4-13-14(9-12)19-11(2)16-13/h3-4,9-10H,5-8H2,1-2H3. The van der Waals surface area contributed by atoms with Crippen LogP contribution in [0.4, 0.5) is 0 Å². The van der Waals surface area contributed by atoms with E-state index in [-0.39, 0.29) is 5.91 Å². The molecule has 4 heteroatoms. The molecule has 1 aliphatic rings. The normalized spacial score (nSPS) is 17.1. The molecule has 0 spiro atoms. The van der Waals surface area contributed by atoms with Crippen molar-refractivity contribution in [2.75, 3.05) is 13.1 Å². The highest BCUT2D eigenvalue weighted by Gasteiger charge is 2.21. The van der Waals surface area contributed by atoms with Gasteiger partial charge in [0.25, 0.3) is 5.91 Å². The van der Waals surface area contributed by atoms with Crippen molar-refractivity contribution >= 4 is 27.5 Å². The van der Waals surface area contributed by atoms with Crippen LogP contribution in [0.5, 0.6) is 0 Å². The highest BCUT2D eigenvalue weighted by molar-refractivity contribution is 7.18. The van der Waals surface area contributed by atoms with E-state index in [1.54, 1.807) is 11.3 Å². The lowest BCUT2D eigenvalue weighted by Gasteiger charge is -2.30. The van der Waals surface area contributed by atoms with E-state index in [2.05, 4.69) is 11.9 Å². The Labute approximate surface area is 117 Å². The van der Waals surface area contributed by atoms with Crippen molar-refractivity contribution in [2.45, 2.75) is 26.7 Å². The van der Waals surface area contributed by atoms with E-state index >= 15 is 0 Å². The number of aromatic nitrogens is 1. The molecule has 100 valence electrons. The summed E-state index contributed by atoms with van der Waals surface area (Å²) in [6.45, 7) is 6.03. The van der Waals surface area contributed by atoms with E-state index in [1.165, 1.54) is 0 Å². The lowest BCUT2D eigenvalue weighted by molar-refractivity contribution is 0.0697. The second-order valence-electron chi connectivity index (χ2n) is 5.39. The van der Waals surface area contributed by atoms with Crippen LogP contribution in [-0.4, -0.2) is 28.9 Å². The Balaban J connectivity index is 1.84. The lowest BCUT2D eigenvalue weighted by Crippen LogP contribution is -2.37. The largest absolute Gasteiger partial charge is 0.339 e. The first-order valence-corrected chi connectivity index (χ1v) is 7.61. The molecule has 0 aliphatic carbocycles. The number of benzene rings is 1. The monoisotopic (exact) mass is 274 g/mol. The number of piperidine rings is 1. The van der Waals surface area contributed by atoms with E-state index in [0.717, 1.165) is 52.6 Å². The summed E-state index contributed by atoms with van der Waals surface area (Å²) in [4.78, 5) is 18.9. The quantitative estimate of drug-likeness (QED) is 0.797. The first-order valence-electron chi connectivity index (χ1n) is 6.80. The summed E-state index contributed by atoms with van der Waals surface area (Å²) in [5.74, 6) is 0.913. The van der Waals surface area contributed by atoms with Crippen molar-refractivity contribution in [1.82, 2.24) is 9.88 Å². The number of likely N-dealkylation sites (tertiary alicyclic amines) is 1. The molecule has 0 unspecified atom stereocenters. The van der Waals surface area contributed by atoms with Gasteiger partial charge in [-0.05, 0) is 43.9 Å². The Bertz CT molecular complexity index is 612. The summed E-state index contributed by atoms with van der Waals surface area (Å²) < 4.78 is 1.11. The van der Waals surface area contributed by atoms with Crippen LogP contribution in [-0.2, 0) is 0 Å². The third-order valence-corrected chi connectivity index (χ3v) is 4.75. The zero-order valence-electron chi connectivity index (χ0n) is 11.3. The molecular formula is C15H18N2OS.